The van der Waals surface area contributed by atoms with Gasteiger partial charge in [0.05, 0.1) is 18.3 Å². The first-order chi connectivity index (χ1) is 12.2. The van der Waals surface area contributed by atoms with Gasteiger partial charge in [-0.3, -0.25) is 0 Å². The van der Waals surface area contributed by atoms with Crippen LogP contribution in [0, 0.1) is 6.92 Å². The average Bonchev–Trinajstić information content (AvgIpc) is 3.07. The minimum atomic E-state index is -0.473. The summed E-state index contributed by atoms with van der Waals surface area (Å²) in [6.45, 7) is 1.66. The Balaban J connectivity index is 1.68. The SMILES string of the molecule is Cc1coc(-c2cccc(NC(=O)N[C@H](CO)c3ccccc3)c2)n1. The Kier molecular flexibility index (Phi) is 5.11. The normalized spacial score (nSPS) is 11.8. The maximum atomic E-state index is 12.2. The second kappa shape index (κ2) is 7.63. The third-order valence-electron chi connectivity index (χ3n) is 3.68. The number of oxazole rings is 1. The zero-order chi connectivity index (χ0) is 17.6. The summed E-state index contributed by atoms with van der Waals surface area (Å²) in [5.41, 5.74) is 3.01. The fraction of sp³-hybridized carbons (Fsp3) is 0.158. The molecular weight excluding hydrogens is 318 g/mol. The average molecular weight is 337 g/mol. The molecule has 0 spiro atoms. The van der Waals surface area contributed by atoms with Gasteiger partial charge in [-0.05, 0) is 30.7 Å². The van der Waals surface area contributed by atoms with E-state index in [1.807, 2.05) is 49.4 Å². The molecule has 0 saturated heterocycles. The van der Waals surface area contributed by atoms with Crippen molar-refractivity contribution < 1.29 is 14.3 Å². The summed E-state index contributed by atoms with van der Waals surface area (Å²) in [5.74, 6) is 0.499. The van der Waals surface area contributed by atoms with E-state index in [-0.39, 0.29) is 6.61 Å². The minimum absolute atomic E-state index is 0.187. The van der Waals surface area contributed by atoms with Gasteiger partial charge in [0.1, 0.15) is 6.26 Å². The first-order valence-corrected chi connectivity index (χ1v) is 7.91. The summed E-state index contributed by atoms with van der Waals surface area (Å²) in [5, 5.41) is 15.0. The van der Waals surface area contributed by atoms with Gasteiger partial charge in [-0.2, -0.15) is 0 Å². The van der Waals surface area contributed by atoms with E-state index in [9.17, 15) is 9.90 Å². The molecule has 0 aliphatic carbocycles. The van der Waals surface area contributed by atoms with Gasteiger partial charge in [0.2, 0.25) is 5.89 Å². The highest BCUT2D eigenvalue weighted by Gasteiger charge is 2.14. The van der Waals surface area contributed by atoms with Gasteiger partial charge in [-0.25, -0.2) is 9.78 Å². The Hall–Kier alpha value is -3.12. The van der Waals surface area contributed by atoms with E-state index in [0.29, 0.717) is 11.6 Å². The summed E-state index contributed by atoms with van der Waals surface area (Å²) in [6, 6.07) is 15.7. The molecule has 0 saturated carbocycles. The highest BCUT2D eigenvalue weighted by Crippen LogP contribution is 2.22. The largest absolute Gasteiger partial charge is 0.444 e. The maximum absolute atomic E-state index is 12.2. The van der Waals surface area contributed by atoms with Gasteiger partial charge in [-0.1, -0.05) is 36.4 Å². The summed E-state index contributed by atoms with van der Waals surface area (Å²) < 4.78 is 5.38. The summed E-state index contributed by atoms with van der Waals surface area (Å²) in [6.07, 6.45) is 1.58. The molecule has 2 aromatic carbocycles. The van der Waals surface area contributed by atoms with Crippen LogP contribution in [0.4, 0.5) is 10.5 Å². The molecule has 2 amide bonds. The minimum Gasteiger partial charge on any atom is -0.444 e. The number of anilines is 1. The molecule has 3 N–H and O–H groups in total. The van der Waals surface area contributed by atoms with Gasteiger partial charge in [0.25, 0.3) is 0 Å². The molecule has 25 heavy (non-hydrogen) atoms. The lowest BCUT2D eigenvalue weighted by molar-refractivity contribution is 0.225. The van der Waals surface area contributed by atoms with Crippen LogP contribution in [0.3, 0.4) is 0 Å². The fourth-order valence-electron chi connectivity index (χ4n) is 2.46. The van der Waals surface area contributed by atoms with E-state index in [0.717, 1.165) is 16.8 Å². The first-order valence-electron chi connectivity index (χ1n) is 7.91. The van der Waals surface area contributed by atoms with Gasteiger partial charge < -0.3 is 20.2 Å². The smallest absolute Gasteiger partial charge is 0.319 e. The van der Waals surface area contributed by atoms with Crippen LogP contribution in [0.2, 0.25) is 0 Å². The second-order valence-corrected chi connectivity index (χ2v) is 5.62. The summed E-state index contributed by atoms with van der Waals surface area (Å²) in [4.78, 5) is 16.5. The zero-order valence-electron chi connectivity index (χ0n) is 13.8. The maximum Gasteiger partial charge on any atom is 0.319 e. The van der Waals surface area contributed by atoms with Crippen molar-refractivity contribution >= 4 is 11.7 Å². The molecule has 1 atom stereocenters. The monoisotopic (exact) mass is 337 g/mol. The van der Waals surface area contributed by atoms with Gasteiger partial charge in [-0.15, -0.1) is 0 Å². The van der Waals surface area contributed by atoms with Crippen molar-refractivity contribution in [1.82, 2.24) is 10.3 Å². The highest BCUT2D eigenvalue weighted by molar-refractivity contribution is 5.90. The molecular formula is C19H19N3O3. The second-order valence-electron chi connectivity index (χ2n) is 5.62. The van der Waals surface area contributed by atoms with Crippen molar-refractivity contribution in [3.63, 3.8) is 0 Å². The summed E-state index contributed by atoms with van der Waals surface area (Å²) in [7, 11) is 0. The molecule has 6 heteroatoms. The van der Waals surface area contributed by atoms with Crippen molar-refractivity contribution in [1.29, 1.82) is 0 Å². The number of urea groups is 1. The predicted octanol–water partition coefficient (Wildman–Crippen LogP) is 3.51. The number of carbonyl (C=O) groups is 1. The lowest BCUT2D eigenvalue weighted by atomic mass is 10.1. The first kappa shape index (κ1) is 16.7. The van der Waals surface area contributed by atoms with Crippen LogP contribution >= 0.6 is 0 Å². The van der Waals surface area contributed by atoms with Gasteiger partial charge in [0.15, 0.2) is 0 Å². The van der Waals surface area contributed by atoms with E-state index >= 15 is 0 Å². The van der Waals surface area contributed by atoms with Crippen LogP contribution in [0.15, 0.2) is 65.3 Å². The number of amides is 2. The van der Waals surface area contributed by atoms with E-state index < -0.39 is 12.1 Å². The number of hydrogen-bond acceptors (Lipinski definition) is 4. The molecule has 3 rings (SSSR count). The van der Waals surface area contributed by atoms with Crippen LogP contribution < -0.4 is 10.6 Å². The fourth-order valence-corrected chi connectivity index (χ4v) is 2.46. The molecule has 3 aromatic rings. The molecule has 128 valence electrons. The van der Waals surface area contributed by atoms with Crippen LogP contribution in [-0.4, -0.2) is 22.7 Å². The third kappa shape index (κ3) is 4.24. The highest BCUT2D eigenvalue weighted by atomic mass is 16.3. The van der Waals surface area contributed by atoms with Crippen LogP contribution in [-0.2, 0) is 0 Å². The van der Waals surface area contributed by atoms with Gasteiger partial charge >= 0.3 is 6.03 Å². The van der Waals surface area contributed by atoms with E-state index in [1.54, 1.807) is 18.4 Å². The summed E-state index contributed by atoms with van der Waals surface area (Å²) >= 11 is 0. The number of carbonyl (C=O) groups excluding carboxylic acids is 1. The number of nitrogens with zero attached hydrogens (tertiary/aromatic N) is 1. The third-order valence-corrected chi connectivity index (χ3v) is 3.68. The molecule has 0 bridgehead atoms. The molecule has 0 radical (unpaired) electrons. The number of aryl methyl sites for hydroxylation is 1. The number of aromatic nitrogens is 1. The molecule has 1 aromatic heterocycles. The molecule has 6 nitrogen and oxygen atoms in total. The van der Waals surface area contributed by atoms with Crippen LogP contribution in [0.25, 0.3) is 11.5 Å². The number of nitrogens with one attached hydrogen (secondary N) is 2. The molecule has 0 fully saturated rings. The number of aliphatic hydroxyl groups excluding tert-OH is 1. The molecule has 0 unspecified atom stereocenters. The van der Waals surface area contributed by atoms with Crippen molar-refractivity contribution in [2.45, 2.75) is 13.0 Å². The van der Waals surface area contributed by atoms with Crippen molar-refractivity contribution in [3.8, 4) is 11.5 Å². The van der Waals surface area contributed by atoms with Crippen LogP contribution in [0.5, 0.6) is 0 Å². The zero-order valence-corrected chi connectivity index (χ0v) is 13.8. The van der Waals surface area contributed by atoms with Gasteiger partial charge in [0, 0.05) is 11.3 Å². The molecule has 0 aliphatic rings. The standard InChI is InChI=1S/C19H19N3O3/c1-13-12-25-18(20-13)15-8-5-9-16(10-15)21-19(24)22-17(11-23)14-6-3-2-4-7-14/h2-10,12,17,23H,11H2,1H3,(H2,21,22,24)/t17-/m1/s1. The molecule has 1 heterocycles. The Morgan fingerprint density at radius 1 is 1.20 bits per heavy atom. The number of benzene rings is 2. The van der Waals surface area contributed by atoms with Crippen molar-refractivity contribution in [2.75, 3.05) is 11.9 Å². The Morgan fingerprint density at radius 2 is 2.00 bits per heavy atom. The lowest BCUT2D eigenvalue weighted by Crippen LogP contribution is -2.34. The van der Waals surface area contributed by atoms with Crippen molar-refractivity contribution in [2.24, 2.45) is 0 Å². The lowest BCUT2D eigenvalue weighted by Gasteiger charge is -2.17. The molecule has 0 aliphatic heterocycles. The Morgan fingerprint density at radius 3 is 2.68 bits per heavy atom. The quantitative estimate of drug-likeness (QED) is 0.665. The number of aliphatic hydroxyl groups is 1. The Bertz CT molecular complexity index is 846. The topological polar surface area (TPSA) is 87.4 Å². The van der Waals surface area contributed by atoms with E-state index in [2.05, 4.69) is 15.6 Å². The predicted molar refractivity (Wildman–Crippen MR) is 95.1 cm³/mol. The van der Waals surface area contributed by atoms with E-state index in [1.165, 1.54) is 0 Å². The number of hydrogen-bond donors (Lipinski definition) is 3. The van der Waals surface area contributed by atoms with Crippen molar-refractivity contribution in [3.05, 3.63) is 72.1 Å². The van der Waals surface area contributed by atoms with Crippen LogP contribution in [0.1, 0.15) is 17.3 Å². The Labute approximate surface area is 145 Å². The number of rotatable bonds is 5. The van der Waals surface area contributed by atoms with E-state index in [4.69, 9.17) is 4.42 Å².